The average Bonchev–Trinajstić information content (AvgIpc) is 3.20. The van der Waals surface area contributed by atoms with Crippen LogP contribution in [0.4, 0.5) is 5.69 Å². The lowest BCUT2D eigenvalue weighted by atomic mass is 10.1. The number of hydrogen-bond acceptors (Lipinski definition) is 6. The molecule has 0 bridgehead atoms. The molecular weight excluding hydrogens is 432 g/mol. The maximum absolute atomic E-state index is 12.9. The van der Waals surface area contributed by atoms with E-state index in [0.29, 0.717) is 39.2 Å². The van der Waals surface area contributed by atoms with Crippen LogP contribution in [-0.4, -0.2) is 30.1 Å². The Hall–Kier alpha value is -4.39. The maximum Gasteiger partial charge on any atom is 0.339 e. The first-order chi connectivity index (χ1) is 16.4. The number of methoxy groups -OCH3 is 1. The number of furan rings is 1. The first kappa shape index (κ1) is 21.5. The summed E-state index contributed by atoms with van der Waals surface area (Å²) in [5.41, 5.74) is 3.52. The number of amides is 1. The third-order valence-electron chi connectivity index (χ3n) is 5.67. The monoisotopic (exact) mass is 454 g/mol. The minimum atomic E-state index is -1.05. The summed E-state index contributed by atoms with van der Waals surface area (Å²) in [5, 5.41) is 5.29. The molecule has 0 aliphatic carbocycles. The van der Waals surface area contributed by atoms with Gasteiger partial charge in [-0.1, -0.05) is 36.4 Å². The molecule has 1 amide bonds. The van der Waals surface area contributed by atoms with Crippen molar-refractivity contribution in [3.63, 3.8) is 0 Å². The predicted octanol–water partition coefficient (Wildman–Crippen LogP) is 5.64. The van der Waals surface area contributed by atoms with E-state index in [0.717, 1.165) is 16.4 Å². The van der Waals surface area contributed by atoms with Crippen LogP contribution >= 0.6 is 0 Å². The van der Waals surface area contributed by atoms with Crippen molar-refractivity contribution in [1.29, 1.82) is 0 Å². The van der Waals surface area contributed by atoms with Crippen molar-refractivity contribution in [1.82, 2.24) is 4.98 Å². The van der Waals surface area contributed by atoms with Crippen LogP contribution < -0.4 is 10.1 Å². The lowest BCUT2D eigenvalue weighted by molar-refractivity contribution is -0.123. The smallest absolute Gasteiger partial charge is 0.339 e. The summed E-state index contributed by atoms with van der Waals surface area (Å²) >= 11 is 0. The van der Waals surface area contributed by atoms with Crippen LogP contribution in [0.5, 0.6) is 5.75 Å². The Labute approximate surface area is 195 Å². The van der Waals surface area contributed by atoms with E-state index >= 15 is 0 Å². The topological polar surface area (TPSA) is 90.7 Å². The van der Waals surface area contributed by atoms with Gasteiger partial charge in [0.15, 0.2) is 6.10 Å². The molecule has 5 aromatic rings. The van der Waals surface area contributed by atoms with Gasteiger partial charge >= 0.3 is 5.97 Å². The third-order valence-corrected chi connectivity index (χ3v) is 5.67. The molecule has 2 heterocycles. The van der Waals surface area contributed by atoms with E-state index in [1.165, 1.54) is 14.0 Å². The van der Waals surface area contributed by atoms with Crippen molar-refractivity contribution in [2.24, 2.45) is 0 Å². The van der Waals surface area contributed by atoms with Crippen molar-refractivity contribution >= 4 is 50.4 Å². The highest BCUT2D eigenvalue weighted by Crippen LogP contribution is 2.36. The number of ether oxygens (including phenoxy) is 2. The zero-order chi connectivity index (χ0) is 23.8. The van der Waals surface area contributed by atoms with Crippen LogP contribution in [0, 0.1) is 6.92 Å². The molecule has 0 saturated carbocycles. The summed E-state index contributed by atoms with van der Waals surface area (Å²) in [5.74, 6) is -0.608. The quantitative estimate of drug-likeness (QED) is 0.346. The molecule has 0 fully saturated rings. The fourth-order valence-corrected chi connectivity index (χ4v) is 4.01. The molecule has 2 aromatic heterocycles. The van der Waals surface area contributed by atoms with Gasteiger partial charge in [0.05, 0.1) is 23.9 Å². The number of benzene rings is 3. The number of carbonyl (C=O) groups excluding carboxylic acids is 2. The van der Waals surface area contributed by atoms with E-state index in [9.17, 15) is 9.59 Å². The Morgan fingerprint density at radius 1 is 0.941 bits per heavy atom. The number of nitrogens with zero attached hydrogens (tertiary/aromatic N) is 1. The molecule has 170 valence electrons. The van der Waals surface area contributed by atoms with Gasteiger partial charge < -0.3 is 19.2 Å². The van der Waals surface area contributed by atoms with Crippen molar-refractivity contribution in [2.45, 2.75) is 20.0 Å². The van der Waals surface area contributed by atoms with Gasteiger partial charge in [-0.3, -0.25) is 9.78 Å². The van der Waals surface area contributed by atoms with Crippen molar-refractivity contribution in [2.75, 3.05) is 12.4 Å². The molecule has 0 aliphatic rings. The first-order valence-electron chi connectivity index (χ1n) is 10.8. The van der Waals surface area contributed by atoms with Crippen molar-refractivity contribution < 1.29 is 23.5 Å². The van der Waals surface area contributed by atoms with E-state index < -0.39 is 18.0 Å². The number of hydrogen-bond donors (Lipinski definition) is 1. The molecule has 7 nitrogen and oxygen atoms in total. The van der Waals surface area contributed by atoms with Crippen molar-refractivity contribution in [3.05, 3.63) is 78.0 Å². The van der Waals surface area contributed by atoms with Crippen LogP contribution in [-0.2, 0) is 9.53 Å². The number of nitrogens with one attached hydrogen (secondary N) is 1. The predicted molar refractivity (Wildman–Crippen MR) is 130 cm³/mol. The minimum absolute atomic E-state index is 0.365. The molecule has 3 aromatic carbocycles. The summed E-state index contributed by atoms with van der Waals surface area (Å²) in [6.45, 7) is 3.33. The van der Waals surface area contributed by atoms with Gasteiger partial charge in [0.25, 0.3) is 5.91 Å². The van der Waals surface area contributed by atoms with E-state index in [4.69, 9.17) is 13.9 Å². The standard InChI is InChI=1S/C27H22N2O5/c1-15-12-20(17-8-4-6-10-21(17)28-15)27(31)33-16(2)26(30)29-22-14-24-19(13-25(22)32-3)18-9-5-7-11-23(18)34-24/h4-14,16H,1-3H3,(H,29,30). The number of rotatable bonds is 5. The Morgan fingerprint density at radius 2 is 1.68 bits per heavy atom. The van der Waals surface area contributed by atoms with Crippen molar-refractivity contribution in [3.8, 4) is 5.75 Å². The van der Waals surface area contributed by atoms with Gasteiger partial charge in [0.1, 0.15) is 16.9 Å². The molecule has 34 heavy (non-hydrogen) atoms. The summed E-state index contributed by atoms with van der Waals surface area (Å²) < 4.78 is 16.9. The Balaban J connectivity index is 1.39. The molecule has 0 radical (unpaired) electrons. The molecule has 1 N–H and O–H groups in total. The number of anilines is 1. The molecule has 1 atom stereocenters. The maximum atomic E-state index is 12.9. The van der Waals surface area contributed by atoms with Crippen LogP contribution in [0.3, 0.4) is 0 Å². The van der Waals surface area contributed by atoms with E-state index in [1.807, 2.05) is 48.5 Å². The second-order valence-electron chi connectivity index (χ2n) is 8.01. The first-order valence-corrected chi connectivity index (χ1v) is 10.8. The summed E-state index contributed by atoms with van der Waals surface area (Å²) in [6.07, 6.45) is -1.05. The molecular formula is C27H22N2O5. The van der Waals surface area contributed by atoms with E-state index in [-0.39, 0.29) is 0 Å². The largest absolute Gasteiger partial charge is 0.495 e. The summed E-state index contributed by atoms with van der Waals surface area (Å²) in [7, 11) is 1.53. The van der Waals surface area contributed by atoms with Gasteiger partial charge in [0, 0.05) is 27.9 Å². The van der Waals surface area contributed by atoms with Gasteiger partial charge in [-0.05, 0) is 38.1 Å². The zero-order valence-corrected chi connectivity index (χ0v) is 18.9. The van der Waals surface area contributed by atoms with Crippen LogP contribution in [0.2, 0.25) is 0 Å². The Morgan fingerprint density at radius 3 is 2.47 bits per heavy atom. The summed E-state index contributed by atoms with van der Waals surface area (Å²) in [4.78, 5) is 30.2. The normalized spacial score (nSPS) is 12.1. The van der Waals surface area contributed by atoms with Gasteiger partial charge in [0.2, 0.25) is 0 Å². The Kier molecular flexibility index (Phi) is 5.37. The minimum Gasteiger partial charge on any atom is -0.495 e. The second-order valence-corrected chi connectivity index (χ2v) is 8.01. The second kappa shape index (κ2) is 8.51. The van der Waals surface area contributed by atoms with Gasteiger partial charge in [-0.2, -0.15) is 0 Å². The SMILES string of the molecule is COc1cc2c(cc1NC(=O)C(C)OC(=O)c1cc(C)nc3ccccc13)oc1ccccc12. The summed E-state index contributed by atoms with van der Waals surface area (Å²) in [6, 6.07) is 20.2. The molecule has 1 unspecified atom stereocenters. The van der Waals surface area contributed by atoms with Gasteiger partial charge in [-0.15, -0.1) is 0 Å². The fraction of sp³-hybridized carbons (Fsp3) is 0.148. The molecule has 0 saturated heterocycles. The molecule has 5 rings (SSSR count). The highest BCUT2D eigenvalue weighted by Gasteiger charge is 2.23. The third kappa shape index (κ3) is 3.81. The number of pyridine rings is 1. The van der Waals surface area contributed by atoms with Crippen LogP contribution in [0.1, 0.15) is 23.0 Å². The average molecular weight is 454 g/mol. The molecule has 0 spiro atoms. The van der Waals surface area contributed by atoms with E-state index in [2.05, 4.69) is 10.3 Å². The lowest BCUT2D eigenvalue weighted by Crippen LogP contribution is -2.30. The number of carbonyl (C=O) groups is 2. The number of aryl methyl sites for hydroxylation is 1. The Bertz CT molecular complexity index is 1570. The lowest BCUT2D eigenvalue weighted by Gasteiger charge is -2.16. The van der Waals surface area contributed by atoms with Crippen LogP contribution in [0.25, 0.3) is 32.8 Å². The van der Waals surface area contributed by atoms with Crippen LogP contribution in [0.15, 0.2) is 71.1 Å². The highest BCUT2D eigenvalue weighted by molar-refractivity contribution is 6.08. The highest BCUT2D eigenvalue weighted by atomic mass is 16.5. The van der Waals surface area contributed by atoms with E-state index in [1.54, 1.807) is 25.1 Å². The molecule has 0 aliphatic heterocycles. The number of para-hydroxylation sites is 2. The number of aromatic nitrogens is 1. The zero-order valence-electron chi connectivity index (χ0n) is 18.9. The number of fused-ring (bicyclic) bond motifs is 4. The van der Waals surface area contributed by atoms with Gasteiger partial charge in [-0.25, -0.2) is 4.79 Å². The number of esters is 1. The molecule has 7 heteroatoms. The fourth-order valence-electron chi connectivity index (χ4n) is 4.01.